The van der Waals surface area contributed by atoms with Gasteiger partial charge < -0.3 is 49.6 Å². The predicted molar refractivity (Wildman–Crippen MR) is 110 cm³/mol. The highest BCUT2D eigenvalue weighted by atomic mass is 16.7. The van der Waals surface area contributed by atoms with Gasteiger partial charge in [-0.2, -0.15) is 0 Å². The van der Waals surface area contributed by atoms with Gasteiger partial charge in [-0.1, -0.05) is 6.07 Å². The maximum atomic E-state index is 11.1. The Labute approximate surface area is 183 Å². The minimum absolute atomic E-state index is 0.0463. The second kappa shape index (κ2) is 8.64. The molecule has 0 amide bonds. The largest absolute Gasteiger partial charge is 0.504 e. The summed E-state index contributed by atoms with van der Waals surface area (Å²) < 4.78 is 21.8. The van der Waals surface area contributed by atoms with E-state index in [9.17, 15) is 30.6 Å². The molecule has 4 rings (SSSR count). The third kappa shape index (κ3) is 3.50. The molecule has 1 fully saturated rings. The van der Waals surface area contributed by atoms with Gasteiger partial charge in [0.25, 0.3) is 0 Å². The van der Waals surface area contributed by atoms with E-state index in [1.54, 1.807) is 12.1 Å². The summed E-state index contributed by atoms with van der Waals surface area (Å²) in [4.78, 5) is 0. The predicted octanol–water partition coefficient (Wildman–Crippen LogP) is 0.0593. The van der Waals surface area contributed by atoms with Crippen LogP contribution in [0.5, 0.6) is 28.7 Å². The van der Waals surface area contributed by atoms with Gasteiger partial charge in [-0.15, -0.1) is 0 Å². The van der Waals surface area contributed by atoms with Crippen molar-refractivity contribution in [3.8, 4) is 39.9 Å². The zero-order valence-electron chi connectivity index (χ0n) is 17.6. The highest BCUT2D eigenvalue weighted by Gasteiger charge is 2.45. The van der Waals surface area contributed by atoms with Crippen molar-refractivity contribution in [2.75, 3.05) is 20.8 Å². The van der Waals surface area contributed by atoms with Gasteiger partial charge in [-0.3, -0.25) is 0 Å². The maximum absolute atomic E-state index is 11.1. The van der Waals surface area contributed by atoms with E-state index in [2.05, 4.69) is 0 Å². The van der Waals surface area contributed by atoms with Crippen molar-refractivity contribution in [1.82, 2.24) is 0 Å². The number of hydrogen-bond donors (Lipinski definition) is 6. The van der Waals surface area contributed by atoms with Crippen molar-refractivity contribution in [3.05, 3.63) is 29.3 Å². The summed E-state index contributed by atoms with van der Waals surface area (Å²) in [6.45, 7) is -0.602. The minimum Gasteiger partial charge on any atom is -0.504 e. The number of hydrogen-bond acceptors (Lipinski definition) is 10. The van der Waals surface area contributed by atoms with Crippen molar-refractivity contribution in [2.24, 2.45) is 0 Å². The van der Waals surface area contributed by atoms with Crippen molar-refractivity contribution >= 4 is 0 Å². The second-order valence-corrected chi connectivity index (χ2v) is 7.76. The lowest BCUT2D eigenvalue weighted by molar-refractivity contribution is -0.277. The number of aliphatic hydroxyl groups is 4. The van der Waals surface area contributed by atoms with E-state index in [4.69, 9.17) is 18.9 Å². The number of rotatable bonds is 5. The van der Waals surface area contributed by atoms with Crippen LogP contribution in [0.3, 0.4) is 0 Å². The van der Waals surface area contributed by atoms with Gasteiger partial charge in [0.1, 0.15) is 24.4 Å². The Morgan fingerprint density at radius 3 is 2.25 bits per heavy atom. The van der Waals surface area contributed by atoms with E-state index < -0.39 is 37.3 Å². The van der Waals surface area contributed by atoms with E-state index in [1.165, 1.54) is 20.3 Å². The molecule has 1 aliphatic heterocycles. The molecule has 0 unspecified atom stereocenters. The number of ether oxygens (including phenoxy) is 4. The van der Waals surface area contributed by atoms with E-state index in [0.717, 1.165) is 11.1 Å². The van der Waals surface area contributed by atoms with Crippen molar-refractivity contribution < 1.29 is 49.6 Å². The number of methoxy groups -OCH3 is 2. The number of aryl methyl sites for hydroxylation is 2. The minimum atomic E-state index is -1.62. The molecule has 1 heterocycles. The molecule has 0 aromatic heterocycles. The summed E-state index contributed by atoms with van der Waals surface area (Å²) >= 11 is 0. The molecule has 0 radical (unpaired) electrons. The van der Waals surface area contributed by atoms with Gasteiger partial charge >= 0.3 is 0 Å². The molecule has 0 bridgehead atoms. The quantitative estimate of drug-likeness (QED) is 0.368. The number of aromatic hydroxyl groups is 2. The molecule has 6 N–H and O–H groups in total. The van der Waals surface area contributed by atoms with Crippen LogP contribution in [0.1, 0.15) is 11.1 Å². The Morgan fingerprint density at radius 1 is 0.906 bits per heavy atom. The summed E-state index contributed by atoms with van der Waals surface area (Å²) in [5, 5.41) is 61.0. The lowest BCUT2D eigenvalue weighted by Gasteiger charge is -2.39. The topological polar surface area (TPSA) is 158 Å². The summed E-state index contributed by atoms with van der Waals surface area (Å²) in [5.41, 5.74) is 2.51. The van der Waals surface area contributed by atoms with Gasteiger partial charge in [0, 0.05) is 11.1 Å². The van der Waals surface area contributed by atoms with Crippen LogP contribution in [0.25, 0.3) is 11.1 Å². The number of aliphatic hydroxyl groups excluding tert-OH is 4. The monoisotopic (exact) mass is 450 g/mol. The fourth-order valence-corrected chi connectivity index (χ4v) is 4.30. The maximum Gasteiger partial charge on any atom is 0.229 e. The van der Waals surface area contributed by atoms with Crippen molar-refractivity contribution in [2.45, 2.75) is 43.5 Å². The fourth-order valence-electron chi connectivity index (χ4n) is 4.30. The normalized spacial score (nSPS) is 26.8. The third-order valence-electron chi connectivity index (χ3n) is 5.94. The van der Waals surface area contributed by atoms with Crippen LogP contribution < -0.4 is 14.2 Å². The molecule has 10 nitrogen and oxygen atoms in total. The lowest BCUT2D eigenvalue weighted by atomic mass is 9.83. The number of phenols is 2. The fraction of sp³-hybridized carbons (Fsp3) is 0.455. The molecule has 10 heteroatoms. The molecule has 2 aromatic rings. The number of phenolic OH excluding ortho intramolecular Hbond substituents is 2. The molecule has 1 saturated heterocycles. The van der Waals surface area contributed by atoms with E-state index in [0.29, 0.717) is 24.0 Å². The number of benzene rings is 2. The van der Waals surface area contributed by atoms with Gasteiger partial charge in [0.2, 0.25) is 12.0 Å². The highest BCUT2D eigenvalue weighted by molar-refractivity contribution is 5.87. The summed E-state index contributed by atoms with van der Waals surface area (Å²) in [7, 11) is 2.82. The van der Waals surface area contributed by atoms with E-state index in [-0.39, 0.29) is 28.7 Å². The van der Waals surface area contributed by atoms with E-state index in [1.807, 2.05) is 0 Å². The smallest absolute Gasteiger partial charge is 0.229 e. The molecule has 32 heavy (non-hydrogen) atoms. The van der Waals surface area contributed by atoms with Crippen LogP contribution in [0, 0.1) is 0 Å². The molecule has 1 aliphatic carbocycles. The number of fused-ring (bicyclic) bond motifs is 3. The molecule has 0 saturated carbocycles. The lowest BCUT2D eigenvalue weighted by Crippen LogP contribution is -2.60. The first-order chi connectivity index (χ1) is 15.3. The molecule has 174 valence electrons. The van der Waals surface area contributed by atoms with Crippen molar-refractivity contribution in [3.63, 3.8) is 0 Å². The average Bonchev–Trinajstić information content (AvgIpc) is 2.79. The van der Waals surface area contributed by atoms with Crippen LogP contribution in [0.4, 0.5) is 0 Å². The van der Waals surface area contributed by atoms with E-state index >= 15 is 0 Å². The zero-order valence-corrected chi connectivity index (χ0v) is 17.6. The Bertz CT molecular complexity index is 1000. The first-order valence-corrected chi connectivity index (χ1v) is 10.1. The summed E-state index contributed by atoms with van der Waals surface area (Å²) in [6, 6.07) is 4.81. The van der Waals surface area contributed by atoms with Gasteiger partial charge in [0.05, 0.1) is 20.8 Å². The standard InChI is InChI=1S/C22H26O10/c1-29-20-11(24)7-10-4-3-9-5-6-12(16(25)14(9)15(10)21(20)30-2)31-22-19(28)18(27)17(26)13(8-23)32-22/h5-7,13,17-19,22-28H,3-4,8H2,1-2H3/t13-,17-,18+,19-,22-/m0/s1. The van der Waals surface area contributed by atoms with Gasteiger partial charge in [-0.25, -0.2) is 0 Å². The molecular formula is C22H26O10. The second-order valence-electron chi connectivity index (χ2n) is 7.76. The zero-order chi connectivity index (χ0) is 23.2. The molecular weight excluding hydrogens is 424 g/mol. The molecule has 0 spiro atoms. The Kier molecular flexibility index (Phi) is 6.06. The SMILES string of the molecule is COc1c(O)cc2c(c1OC)-c1c(ccc(O[C@H]3O[C@@H](CO)[C@H](O)[C@@H](O)[C@@H]3O)c1O)CC2. The highest BCUT2D eigenvalue weighted by Crippen LogP contribution is 2.53. The first kappa shape index (κ1) is 22.4. The van der Waals surface area contributed by atoms with Gasteiger partial charge in [-0.05, 0) is 36.1 Å². The van der Waals surface area contributed by atoms with Crippen LogP contribution in [0.15, 0.2) is 18.2 Å². The summed E-state index contributed by atoms with van der Waals surface area (Å²) in [6.07, 6.45) is -6.17. The molecule has 2 aromatic carbocycles. The molecule has 5 atom stereocenters. The average molecular weight is 450 g/mol. The Balaban J connectivity index is 1.77. The van der Waals surface area contributed by atoms with Crippen LogP contribution in [0.2, 0.25) is 0 Å². The van der Waals surface area contributed by atoms with Crippen LogP contribution in [-0.2, 0) is 17.6 Å². The van der Waals surface area contributed by atoms with Gasteiger partial charge in [0.15, 0.2) is 23.0 Å². The Hall–Kier alpha value is -2.76. The summed E-state index contributed by atoms with van der Waals surface area (Å²) in [5.74, 6) is -0.0104. The van der Waals surface area contributed by atoms with Crippen LogP contribution in [-0.4, -0.2) is 82.2 Å². The molecule has 2 aliphatic rings. The first-order valence-electron chi connectivity index (χ1n) is 10.1. The van der Waals surface area contributed by atoms with Crippen LogP contribution >= 0.6 is 0 Å². The third-order valence-corrected chi connectivity index (χ3v) is 5.94. The Morgan fingerprint density at radius 2 is 1.59 bits per heavy atom. The van der Waals surface area contributed by atoms with Crippen molar-refractivity contribution in [1.29, 1.82) is 0 Å².